The van der Waals surface area contributed by atoms with Gasteiger partial charge in [0.05, 0.1) is 0 Å². The summed E-state index contributed by atoms with van der Waals surface area (Å²) in [5.74, 6) is -4.28. The van der Waals surface area contributed by atoms with Crippen molar-refractivity contribution in [1.29, 1.82) is 0 Å². The summed E-state index contributed by atoms with van der Waals surface area (Å²) in [7, 11) is 0. The quantitative estimate of drug-likeness (QED) is 0.180. The van der Waals surface area contributed by atoms with E-state index in [1.165, 1.54) is 0 Å². The molecular formula is C31H27F7O. The molecule has 0 amide bonds. The van der Waals surface area contributed by atoms with Gasteiger partial charge in [0.1, 0.15) is 11.6 Å². The molecule has 0 aliphatic carbocycles. The van der Waals surface area contributed by atoms with Crippen molar-refractivity contribution >= 4 is 10.8 Å². The van der Waals surface area contributed by atoms with Crippen LogP contribution in [0.5, 0.6) is 5.75 Å². The monoisotopic (exact) mass is 548 g/mol. The zero-order valence-electron chi connectivity index (χ0n) is 21.3. The van der Waals surface area contributed by atoms with Crippen LogP contribution in [0, 0.1) is 23.3 Å². The summed E-state index contributed by atoms with van der Waals surface area (Å²) < 4.78 is 99.1. The highest BCUT2D eigenvalue weighted by Crippen LogP contribution is 2.28. The Kier molecular flexibility index (Phi) is 8.83. The first-order valence-corrected chi connectivity index (χ1v) is 12.7. The van der Waals surface area contributed by atoms with Crippen LogP contribution in [0.3, 0.4) is 0 Å². The smallest absolute Gasteiger partial charge is 0.422 e. The molecule has 0 radical (unpaired) electrons. The summed E-state index contributed by atoms with van der Waals surface area (Å²) in [4.78, 5) is 0. The molecule has 4 rings (SSSR count). The van der Waals surface area contributed by atoms with Gasteiger partial charge in [-0.3, -0.25) is 0 Å². The van der Waals surface area contributed by atoms with E-state index in [-0.39, 0.29) is 24.2 Å². The number of halogens is 7. The van der Waals surface area contributed by atoms with Gasteiger partial charge in [-0.25, -0.2) is 17.6 Å². The van der Waals surface area contributed by atoms with Gasteiger partial charge in [-0.1, -0.05) is 55.8 Å². The number of fused-ring (bicyclic) bond motifs is 1. The maximum atomic E-state index is 15.2. The van der Waals surface area contributed by atoms with Crippen LogP contribution in [-0.4, -0.2) is 12.8 Å². The first kappa shape index (κ1) is 28.5. The summed E-state index contributed by atoms with van der Waals surface area (Å²) in [5.41, 5.74) is 3.03. The molecule has 8 heteroatoms. The van der Waals surface area contributed by atoms with Gasteiger partial charge < -0.3 is 4.74 Å². The fourth-order valence-corrected chi connectivity index (χ4v) is 4.58. The summed E-state index contributed by atoms with van der Waals surface area (Å²) in [6.45, 7) is 0.231. The molecule has 4 aromatic carbocycles. The van der Waals surface area contributed by atoms with E-state index in [1.54, 1.807) is 30.3 Å². The highest BCUT2D eigenvalue weighted by atomic mass is 19.4. The number of aryl methyl sites for hydroxylation is 5. The average molecular weight is 549 g/mol. The number of hydrogen-bond acceptors (Lipinski definition) is 1. The lowest BCUT2D eigenvalue weighted by molar-refractivity contribution is -0.154. The molecule has 0 spiro atoms. The van der Waals surface area contributed by atoms with Crippen LogP contribution in [0.4, 0.5) is 30.7 Å². The van der Waals surface area contributed by atoms with Crippen molar-refractivity contribution in [3.63, 3.8) is 0 Å². The van der Waals surface area contributed by atoms with Gasteiger partial charge in [0.15, 0.2) is 24.0 Å². The molecule has 0 N–H and O–H groups in total. The summed E-state index contributed by atoms with van der Waals surface area (Å²) in [6, 6.07) is 15.8. The van der Waals surface area contributed by atoms with Crippen LogP contribution in [0.2, 0.25) is 0 Å². The first-order chi connectivity index (χ1) is 18.5. The van der Waals surface area contributed by atoms with Crippen LogP contribution >= 0.6 is 0 Å². The third-order valence-electron chi connectivity index (χ3n) is 6.56. The van der Waals surface area contributed by atoms with Crippen LogP contribution in [0.25, 0.3) is 10.8 Å². The second-order valence-corrected chi connectivity index (χ2v) is 9.56. The molecule has 206 valence electrons. The van der Waals surface area contributed by atoms with E-state index >= 15 is 4.39 Å². The lowest BCUT2D eigenvalue weighted by Crippen LogP contribution is -2.20. The molecule has 0 aliphatic rings. The molecule has 0 aliphatic heterocycles. The van der Waals surface area contributed by atoms with Gasteiger partial charge in [-0.15, -0.1) is 0 Å². The SMILES string of the molecule is CCCc1ccc(CCc2ccc3c(F)c(CCc4cc(F)c(OCC(F)(F)F)c(F)c4)ccc3c2)c(F)c1. The Morgan fingerprint density at radius 1 is 0.615 bits per heavy atom. The van der Waals surface area contributed by atoms with Crippen LogP contribution in [0.15, 0.2) is 60.7 Å². The van der Waals surface area contributed by atoms with E-state index in [2.05, 4.69) is 4.74 Å². The van der Waals surface area contributed by atoms with E-state index in [0.717, 1.165) is 36.1 Å². The van der Waals surface area contributed by atoms with Crippen LogP contribution in [0.1, 0.15) is 41.2 Å². The highest BCUT2D eigenvalue weighted by molar-refractivity contribution is 5.84. The maximum Gasteiger partial charge on any atom is 0.422 e. The number of hydrogen-bond donors (Lipinski definition) is 0. The molecule has 0 aromatic heterocycles. The number of benzene rings is 4. The lowest BCUT2D eigenvalue weighted by Gasteiger charge is -2.12. The van der Waals surface area contributed by atoms with E-state index in [1.807, 2.05) is 25.1 Å². The third-order valence-corrected chi connectivity index (χ3v) is 6.56. The molecule has 0 bridgehead atoms. The van der Waals surface area contributed by atoms with Crippen molar-refractivity contribution in [3.05, 3.63) is 112 Å². The molecule has 0 heterocycles. The predicted octanol–water partition coefficient (Wildman–Crippen LogP) is 8.86. The largest absolute Gasteiger partial charge is 0.478 e. The van der Waals surface area contributed by atoms with Crippen molar-refractivity contribution in [3.8, 4) is 5.75 Å². The van der Waals surface area contributed by atoms with E-state index < -0.39 is 36.0 Å². The Bertz CT molecular complexity index is 1440. The Labute approximate surface area is 222 Å². The van der Waals surface area contributed by atoms with Crippen LogP contribution in [-0.2, 0) is 32.1 Å². The first-order valence-electron chi connectivity index (χ1n) is 12.7. The molecule has 39 heavy (non-hydrogen) atoms. The maximum absolute atomic E-state index is 15.2. The van der Waals surface area contributed by atoms with Crippen molar-refractivity contribution in [1.82, 2.24) is 0 Å². The fourth-order valence-electron chi connectivity index (χ4n) is 4.58. The summed E-state index contributed by atoms with van der Waals surface area (Å²) >= 11 is 0. The Balaban J connectivity index is 1.42. The second kappa shape index (κ2) is 12.1. The predicted molar refractivity (Wildman–Crippen MR) is 137 cm³/mol. The van der Waals surface area contributed by atoms with Crippen molar-refractivity contribution < 1.29 is 35.5 Å². The van der Waals surface area contributed by atoms with Gasteiger partial charge in [0.2, 0.25) is 0 Å². The van der Waals surface area contributed by atoms with Gasteiger partial charge in [0.25, 0.3) is 0 Å². The second-order valence-electron chi connectivity index (χ2n) is 9.56. The number of alkyl halides is 3. The zero-order chi connectivity index (χ0) is 28.2. The molecule has 0 atom stereocenters. The Morgan fingerprint density at radius 2 is 1.21 bits per heavy atom. The summed E-state index contributed by atoms with van der Waals surface area (Å²) in [6.07, 6.45) is -1.67. The molecule has 0 fully saturated rings. The van der Waals surface area contributed by atoms with Crippen molar-refractivity contribution in [2.24, 2.45) is 0 Å². The fraction of sp³-hybridized carbons (Fsp3) is 0.290. The van der Waals surface area contributed by atoms with E-state index in [4.69, 9.17) is 0 Å². The van der Waals surface area contributed by atoms with Crippen molar-refractivity contribution in [2.45, 2.75) is 51.6 Å². The van der Waals surface area contributed by atoms with Gasteiger partial charge >= 0.3 is 6.18 Å². The normalized spacial score (nSPS) is 11.8. The third kappa shape index (κ3) is 7.31. The molecule has 1 nitrogen and oxygen atoms in total. The lowest BCUT2D eigenvalue weighted by atomic mass is 9.97. The van der Waals surface area contributed by atoms with E-state index in [9.17, 15) is 26.3 Å². The number of ether oxygens (including phenoxy) is 1. The molecule has 0 unspecified atom stereocenters. The Hall–Kier alpha value is -3.55. The van der Waals surface area contributed by atoms with Gasteiger partial charge in [0, 0.05) is 5.39 Å². The molecule has 4 aromatic rings. The molecule has 0 saturated heterocycles. The minimum atomic E-state index is -4.73. The van der Waals surface area contributed by atoms with Gasteiger partial charge in [-0.05, 0) is 83.5 Å². The Morgan fingerprint density at radius 3 is 1.87 bits per heavy atom. The minimum Gasteiger partial charge on any atom is -0.478 e. The zero-order valence-corrected chi connectivity index (χ0v) is 21.3. The van der Waals surface area contributed by atoms with Crippen molar-refractivity contribution in [2.75, 3.05) is 6.61 Å². The minimum absolute atomic E-state index is 0.0660. The van der Waals surface area contributed by atoms with Crippen LogP contribution < -0.4 is 4.74 Å². The topological polar surface area (TPSA) is 9.23 Å². The summed E-state index contributed by atoms with van der Waals surface area (Å²) in [5, 5.41) is 1.07. The average Bonchev–Trinajstić information content (AvgIpc) is 2.87. The standard InChI is InChI=1S/C31H27F7O/c1-2-3-19-4-8-22(26(32)15-19)9-5-20-7-13-25-24(14-20)12-11-23(29(25)35)10-6-21-16-27(33)30(28(34)17-21)39-18-31(36,37)38/h4,7-8,11-17H,2-3,5-6,9-10,18H2,1H3. The number of rotatable bonds is 10. The van der Waals surface area contributed by atoms with E-state index in [0.29, 0.717) is 34.7 Å². The molecular weight excluding hydrogens is 521 g/mol. The molecule has 0 saturated carbocycles. The van der Waals surface area contributed by atoms with Gasteiger partial charge in [-0.2, -0.15) is 13.2 Å². The highest BCUT2D eigenvalue weighted by Gasteiger charge is 2.30.